The SMILES string of the molecule is Cn1ncc2c(N[C@H]3CCc4ccccc4C3)nc(-c3ccncc3)nc21. The number of hydrogen-bond acceptors (Lipinski definition) is 5. The molecule has 0 saturated heterocycles. The van der Waals surface area contributed by atoms with E-state index in [0.29, 0.717) is 11.9 Å². The fraction of sp³-hybridized carbons (Fsp3) is 0.238. The normalized spacial score (nSPS) is 16.3. The summed E-state index contributed by atoms with van der Waals surface area (Å²) in [6.07, 6.45) is 8.55. The quantitative estimate of drug-likeness (QED) is 0.609. The Labute approximate surface area is 157 Å². The summed E-state index contributed by atoms with van der Waals surface area (Å²) < 4.78 is 1.79. The fourth-order valence-corrected chi connectivity index (χ4v) is 3.78. The third-order valence-electron chi connectivity index (χ3n) is 5.22. The summed E-state index contributed by atoms with van der Waals surface area (Å²) in [6, 6.07) is 12.9. The van der Waals surface area contributed by atoms with E-state index in [1.54, 1.807) is 17.1 Å². The number of nitrogens with zero attached hydrogens (tertiary/aromatic N) is 5. The summed E-state index contributed by atoms with van der Waals surface area (Å²) in [7, 11) is 1.91. The van der Waals surface area contributed by atoms with Crippen LogP contribution in [0.1, 0.15) is 17.5 Å². The Hall–Kier alpha value is -3.28. The van der Waals surface area contributed by atoms with Gasteiger partial charge in [0.1, 0.15) is 5.82 Å². The van der Waals surface area contributed by atoms with Crippen LogP contribution in [-0.4, -0.2) is 30.8 Å². The lowest BCUT2D eigenvalue weighted by Gasteiger charge is -2.26. The van der Waals surface area contributed by atoms with Crippen LogP contribution in [-0.2, 0) is 19.9 Å². The van der Waals surface area contributed by atoms with Gasteiger partial charge >= 0.3 is 0 Å². The van der Waals surface area contributed by atoms with E-state index in [9.17, 15) is 0 Å². The standard InChI is InChI=1S/C21H20N6/c1-27-21-18(13-23-27)20(25-19(26-21)15-8-10-22-11-9-15)24-17-7-6-14-4-2-3-5-16(14)12-17/h2-5,8-11,13,17H,6-7,12H2,1H3,(H,24,25,26)/t17-/m0/s1. The molecule has 0 fully saturated rings. The molecule has 1 aliphatic rings. The summed E-state index contributed by atoms with van der Waals surface area (Å²) in [4.78, 5) is 13.6. The maximum absolute atomic E-state index is 4.83. The lowest BCUT2D eigenvalue weighted by molar-refractivity contribution is 0.609. The number of benzene rings is 1. The average Bonchev–Trinajstić information content (AvgIpc) is 3.10. The maximum atomic E-state index is 4.83. The lowest BCUT2D eigenvalue weighted by atomic mass is 9.88. The predicted molar refractivity (Wildman–Crippen MR) is 105 cm³/mol. The van der Waals surface area contributed by atoms with Crippen molar-refractivity contribution in [2.75, 3.05) is 5.32 Å². The van der Waals surface area contributed by atoms with Crippen molar-refractivity contribution in [3.8, 4) is 11.4 Å². The molecular weight excluding hydrogens is 336 g/mol. The highest BCUT2D eigenvalue weighted by Crippen LogP contribution is 2.28. The van der Waals surface area contributed by atoms with Crippen LogP contribution < -0.4 is 5.32 Å². The molecule has 6 heteroatoms. The van der Waals surface area contributed by atoms with Crippen LogP contribution in [0.3, 0.4) is 0 Å². The fourth-order valence-electron chi connectivity index (χ4n) is 3.78. The Morgan fingerprint density at radius 1 is 1.04 bits per heavy atom. The zero-order valence-corrected chi connectivity index (χ0v) is 15.1. The minimum Gasteiger partial charge on any atom is -0.366 e. The van der Waals surface area contributed by atoms with Gasteiger partial charge in [0.15, 0.2) is 11.5 Å². The molecule has 0 saturated carbocycles. The smallest absolute Gasteiger partial charge is 0.164 e. The van der Waals surface area contributed by atoms with E-state index in [1.165, 1.54) is 11.1 Å². The third-order valence-corrected chi connectivity index (χ3v) is 5.22. The number of anilines is 1. The minimum absolute atomic E-state index is 0.350. The van der Waals surface area contributed by atoms with Gasteiger partial charge in [-0.1, -0.05) is 24.3 Å². The molecular formula is C21H20N6. The molecule has 27 heavy (non-hydrogen) atoms. The van der Waals surface area contributed by atoms with Gasteiger partial charge < -0.3 is 5.32 Å². The van der Waals surface area contributed by atoms with Crippen LogP contribution in [0.15, 0.2) is 55.0 Å². The molecule has 4 aromatic rings. The first-order valence-corrected chi connectivity index (χ1v) is 9.21. The second kappa shape index (κ2) is 6.46. The lowest BCUT2D eigenvalue weighted by Crippen LogP contribution is -2.28. The first-order valence-electron chi connectivity index (χ1n) is 9.21. The summed E-state index contributed by atoms with van der Waals surface area (Å²) in [6.45, 7) is 0. The van der Waals surface area contributed by atoms with Gasteiger partial charge in [-0.3, -0.25) is 9.67 Å². The third kappa shape index (κ3) is 2.93. The molecule has 134 valence electrons. The van der Waals surface area contributed by atoms with Crippen LogP contribution in [0.5, 0.6) is 0 Å². The first kappa shape index (κ1) is 15.9. The molecule has 0 amide bonds. The van der Waals surface area contributed by atoms with Gasteiger partial charge in [0.2, 0.25) is 0 Å². The van der Waals surface area contributed by atoms with Gasteiger partial charge in [0, 0.05) is 31.0 Å². The van der Waals surface area contributed by atoms with E-state index >= 15 is 0 Å². The molecule has 1 atom stereocenters. The van der Waals surface area contributed by atoms with Crippen molar-refractivity contribution in [3.63, 3.8) is 0 Å². The molecule has 1 aliphatic carbocycles. The van der Waals surface area contributed by atoms with Crippen molar-refractivity contribution in [2.24, 2.45) is 7.05 Å². The summed E-state index contributed by atoms with van der Waals surface area (Å²) >= 11 is 0. The summed E-state index contributed by atoms with van der Waals surface area (Å²) in [5.41, 5.74) is 4.66. The van der Waals surface area contributed by atoms with Crippen LogP contribution in [0, 0.1) is 0 Å². The predicted octanol–water partition coefficient (Wildman–Crippen LogP) is 3.39. The van der Waals surface area contributed by atoms with Crippen molar-refractivity contribution < 1.29 is 0 Å². The zero-order valence-electron chi connectivity index (χ0n) is 15.1. The maximum Gasteiger partial charge on any atom is 0.164 e. The number of aromatic nitrogens is 5. The second-order valence-electron chi connectivity index (χ2n) is 6.99. The van der Waals surface area contributed by atoms with Gasteiger partial charge in [0.05, 0.1) is 11.6 Å². The molecule has 0 bridgehead atoms. The van der Waals surface area contributed by atoms with E-state index in [2.05, 4.69) is 39.7 Å². The van der Waals surface area contributed by atoms with Crippen LogP contribution >= 0.6 is 0 Å². The second-order valence-corrected chi connectivity index (χ2v) is 6.99. The molecule has 3 aromatic heterocycles. The highest BCUT2D eigenvalue weighted by atomic mass is 15.3. The topological polar surface area (TPSA) is 68.5 Å². The van der Waals surface area contributed by atoms with Crippen molar-refractivity contribution in [3.05, 3.63) is 66.1 Å². The Balaban J connectivity index is 1.53. The minimum atomic E-state index is 0.350. The Kier molecular flexibility index (Phi) is 3.81. The van der Waals surface area contributed by atoms with Crippen molar-refractivity contribution in [1.82, 2.24) is 24.7 Å². The molecule has 0 aliphatic heterocycles. The Morgan fingerprint density at radius 2 is 1.85 bits per heavy atom. The highest BCUT2D eigenvalue weighted by Gasteiger charge is 2.21. The van der Waals surface area contributed by atoms with Crippen molar-refractivity contribution in [2.45, 2.75) is 25.3 Å². The number of nitrogens with one attached hydrogen (secondary N) is 1. The number of fused-ring (bicyclic) bond motifs is 2. The molecule has 0 radical (unpaired) electrons. The number of pyridine rings is 1. The molecule has 0 spiro atoms. The van der Waals surface area contributed by atoms with E-state index in [-0.39, 0.29) is 0 Å². The van der Waals surface area contributed by atoms with E-state index < -0.39 is 0 Å². The van der Waals surface area contributed by atoms with Gasteiger partial charge in [-0.15, -0.1) is 0 Å². The summed E-state index contributed by atoms with van der Waals surface area (Å²) in [5, 5.41) is 9.00. The molecule has 3 heterocycles. The van der Waals surface area contributed by atoms with E-state index in [0.717, 1.165) is 41.7 Å². The van der Waals surface area contributed by atoms with Crippen molar-refractivity contribution in [1.29, 1.82) is 0 Å². The number of rotatable bonds is 3. The van der Waals surface area contributed by atoms with E-state index in [4.69, 9.17) is 9.97 Å². The van der Waals surface area contributed by atoms with Crippen molar-refractivity contribution >= 4 is 16.9 Å². The van der Waals surface area contributed by atoms with Gasteiger partial charge in [-0.25, -0.2) is 9.97 Å². The molecule has 5 rings (SSSR count). The van der Waals surface area contributed by atoms with Gasteiger partial charge in [-0.05, 0) is 42.5 Å². The van der Waals surface area contributed by atoms with Gasteiger partial charge in [0.25, 0.3) is 0 Å². The average molecular weight is 356 g/mol. The first-order chi connectivity index (χ1) is 13.3. The Bertz CT molecular complexity index is 1100. The number of hydrogen-bond donors (Lipinski definition) is 1. The number of aryl methyl sites for hydroxylation is 2. The monoisotopic (exact) mass is 356 g/mol. The van der Waals surface area contributed by atoms with Crippen LogP contribution in [0.2, 0.25) is 0 Å². The van der Waals surface area contributed by atoms with E-state index in [1.807, 2.05) is 25.4 Å². The largest absolute Gasteiger partial charge is 0.366 e. The molecule has 0 unspecified atom stereocenters. The molecule has 1 aromatic carbocycles. The van der Waals surface area contributed by atoms with Gasteiger partial charge in [-0.2, -0.15) is 5.10 Å². The molecule has 1 N–H and O–H groups in total. The highest BCUT2D eigenvalue weighted by molar-refractivity contribution is 5.88. The zero-order chi connectivity index (χ0) is 18.2. The molecule has 6 nitrogen and oxygen atoms in total. The Morgan fingerprint density at radius 3 is 2.70 bits per heavy atom. The summed E-state index contributed by atoms with van der Waals surface area (Å²) in [5.74, 6) is 1.54. The van der Waals surface area contributed by atoms with Crippen LogP contribution in [0.4, 0.5) is 5.82 Å². The van der Waals surface area contributed by atoms with Crippen LogP contribution in [0.25, 0.3) is 22.4 Å².